The van der Waals surface area contributed by atoms with E-state index in [2.05, 4.69) is 157 Å². The molecule has 0 radical (unpaired) electrons. The minimum Gasteiger partial charge on any atom is -0.0622 e. The number of ether oxygens (including phenoxy) is 2. The van der Waals surface area contributed by atoms with E-state index in [1.54, 1.807) is 0 Å². The summed E-state index contributed by atoms with van der Waals surface area (Å²) in [4.78, 5) is 2.45. The van der Waals surface area contributed by atoms with Crippen molar-refractivity contribution < 1.29 is 9.47 Å². The first kappa shape index (κ1) is 29.9. The molecule has 0 saturated heterocycles. The fourth-order valence-electron chi connectivity index (χ4n) is 5.74. The molecule has 42 heavy (non-hydrogen) atoms. The van der Waals surface area contributed by atoms with Crippen LogP contribution in [0.4, 0.5) is 0 Å². The van der Waals surface area contributed by atoms with Gasteiger partial charge in [0.25, 0.3) is 0 Å². The zero-order chi connectivity index (χ0) is 28.7. The van der Waals surface area contributed by atoms with Crippen molar-refractivity contribution >= 4 is 23.2 Å². The fourth-order valence-corrected chi connectivity index (χ4v) is 10.3. The number of hydrogen-bond donors (Lipinski definition) is 0. The molecular weight excluding hydrogens is 533 g/mol. The van der Waals surface area contributed by atoms with Crippen LogP contribution in [0.2, 0.25) is 0 Å². The molecule has 0 N–H and O–H groups in total. The predicted molar refractivity (Wildman–Crippen MR) is 180 cm³/mol. The Labute approximate surface area is 252 Å². The molecule has 3 nitrogen and oxygen atoms in total. The van der Waals surface area contributed by atoms with Gasteiger partial charge in [-0.1, -0.05) is 36.4 Å². The van der Waals surface area contributed by atoms with Crippen molar-refractivity contribution in [3.05, 3.63) is 163 Å². The second-order valence-electron chi connectivity index (χ2n) is 10.7. The van der Waals surface area contributed by atoms with E-state index < -0.39 is 7.26 Å². The third-order valence-electron chi connectivity index (χ3n) is 7.84. The molecule has 216 valence electrons. The predicted octanol–water partition coefficient (Wildman–Crippen LogP) is 6.45. The zero-order valence-electron chi connectivity index (χ0n) is 24.4. The Hall–Kier alpha value is -3.59. The van der Waals surface area contributed by atoms with Crippen LogP contribution in [0.15, 0.2) is 152 Å². The molecule has 5 aromatic rings. The van der Waals surface area contributed by atoms with Gasteiger partial charge in [-0.25, -0.2) is 0 Å². The molecule has 0 spiro atoms. The molecular formula is C38H42NO2P. The summed E-state index contributed by atoms with van der Waals surface area (Å²) in [6.07, 6.45) is 0.979. The molecule has 0 aliphatic heterocycles. The summed E-state index contributed by atoms with van der Waals surface area (Å²) in [5.74, 6) is 0. The maximum atomic E-state index is 6.25. The van der Waals surface area contributed by atoms with Crippen LogP contribution in [-0.2, 0) is 22.6 Å². The van der Waals surface area contributed by atoms with Crippen LogP contribution < -0.4 is 15.9 Å². The van der Waals surface area contributed by atoms with Gasteiger partial charge in [-0.05, 0) is 0 Å². The summed E-state index contributed by atoms with van der Waals surface area (Å²) in [6.45, 7) is 5.25. The van der Waals surface area contributed by atoms with Gasteiger partial charge in [-0.3, -0.25) is 0 Å². The Morgan fingerprint density at radius 2 is 0.762 bits per heavy atom. The standard InChI is InChI=1S/C38H42NO2P/c1-6-16-34(17-7-1)32-39(33-35-18-8-2-9-19-35)26-27-40-28-29-41-30-31-42(36-20-10-3-11-21-36,37-22-12-4-13-23-37)38-24-14-5-15-25-38/h1-25,42H,26-33H2. The van der Waals surface area contributed by atoms with Gasteiger partial charge >= 0.3 is 216 Å². The first-order valence-electron chi connectivity index (χ1n) is 15.0. The topological polar surface area (TPSA) is 21.7 Å². The minimum atomic E-state index is -2.26. The molecule has 0 bridgehead atoms. The third-order valence-corrected chi connectivity index (χ3v) is 12.8. The van der Waals surface area contributed by atoms with Crippen molar-refractivity contribution in [2.45, 2.75) is 13.1 Å². The zero-order valence-corrected chi connectivity index (χ0v) is 25.4. The quantitative estimate of drug-likeness (QED) is 0.0998. The summed E-state index contributed by atoms with van der Waals surface area (Å²) in [5, 5.41) is 4.25. The molecule has 0 aliphatic rings. The van der Waals surface area contributed by atoms with Crippen LogP contribution in [-0.4, -0.2) is 44.0 Å². The molecule has 4 heteroatoms. The van der Waals surface area contributed by atoms with E-state index in [1.165, 1.54) is 27.0 Å². The fraction of sp³-hybridized carbons (Fsp3) is 0.211. The monoisotopic (exact) mass is 575 g/mol. The van der Waals surface area contributed by atoms with Crippen LogP contribution in [0, 0.1) is 0 Å². The molecule has 5 rings (SSSR count). The maximum absolute atomic E-state index is 6.25. The first-order chi connectivity index (χ1) is 20.8. The summed E-state index contributed by atoms with van der Waals surface area (Å²) in [6, 6.07) is 54.4. The van der Waals surface area contributed by atoms with Crippen molar-refractivity contribution in [3.63, 3.8) is 0 Å². The van der Waals surface area contributed by atoms with Crippen LogP contribution in [0.3, 0.4) is 0 Å². The van der Waals surface area contributed by atoms with Crippen LogP contribution >= 0.6 is 7.26 Å². The van der Waals surface area contributed by atoms with Gasteiger partial charge in [0.15, 0.2) is 0 Å². The number of benzene rings is 5. The SMILES string of the molecule is c1ccc(CN(CCOCCOCC[PH](c2ccccc2)(c2ccccc2)c2ccccc2)Cc2ccccc2)cc1. The van der Waals surface area contributed by atoms with Crippen LogP contribution in [0.1, 0.15) is 11.1 Å². The first-order valence-corrected chi connectivity index (χ1v) is 17.2. The second kappa shape index (κ2) is 16.2. The summed E-state index contributed by atoms with van der Waals surface area (Å²) in [5.41, 5.74) is 2.64. The van der Waals surface area contributed by atoms with Gasteiger partial charge in [0, 0.05) is 0 Å². The van der Waals surface area contributed by atoms with Gasteiger partial charge in [-0.2, -0.15) is 0 Å². The normalized spacial score (nSPS) is 11.9. The summed E-state index contributed by atoms with van der Waals surface area (Å²) < 4.78 is 12.3. The smallest absolute Gasteiger partial charge is 0.0622 e. The molecule has 0 heterocycles. The van der Waals surface area contributed by atoms with Crippen molar-refractivity contribution in [2.24, 2.45) is 0 Å². The summed E-state index contributed by atoms with van der Waals surface area (Å²) >= 11 is 0. The van der Waals surface area contributed by atoms with E-state index in [-0.39, 0.29) is 0 Å². The van der Waals surface area contributed by atoms with Crippen LogP contribution in [0.25, 0.3) is 0 Å². The molecule has 0 fully saturated rings. The van der Waals surface area contributed by atoms with E-state index >= 15 is 0 Å². The molecule has 0 aliphatic carbocycles. The van der Waals surface area contributed by atoms with Crippen molar-refractivity contribution in [2.75, 3.05) is 39.1 Å². The van der Waals surface area contributed by atoms with E-state index in [4.69, 9.17) is 9.47 Å². The Bertz CT molecular complexity index is 1280. The average molecular weight is 576 g/mol. The van der Waals surface area contributed by atoms with Gasteiger partial charge in [0.1, 0.15) is 0 Å². The van der Waals surface area contributed by atoms with E-state index in [0.717, 1.165) is 25.8 Å². The molecule has 0 saturated carbocycles. The average Bonchev–Trinajstić information content (AvgIpc) is 3.06. The molecule has 0 unspecified atom stereocenters. The molecule has 5 aromatic carbocycles. The van der Waals surface area contributed by atoms with E-state index in [1.807, 2.05) is 0 Å². The van der Waals surface area contributed by atoms with E-state index in [9.17, 15) is 0 Å². The molecule has 0 amide bonds. The Morgan fingerprint density at radius 1 is 0.405 bits per heavy atom. The van der Waals surface area contributed by atoms with Gasteiger partial charge in [0.2, 0.25) is 0 Å². The Morgan fingerprint density at radius 3 is 1.17 bits per heavy atom. The van der Waals surface area contributed by atoms with Gasteiger partial charge in [0.05, 0.1) is 0 Å². The Balaban J connectivity index is 1.16. The van der Waals surface area contributed by atoms with Gasteiger partial charge < -0.3 is 0 Å². The second-order valence-corrected chi connectivity index (χ2v) is 14.7. The Kier molecular flexibility index (Phi) is 11.5. The van der Waals surface area contributed by atoms with Crippen LogP contribution in [0.5, 0.6) is 0 Å². The van der Waals surface area contributed by atoms with Crippen molar-refractivity contribution in [1.29, 1.82) is 0 Å². The van der Waals surface area contributed by atoms with E-state index in [0.29, 0.717) is 26.4 Å². The number of nitrogens with zero attached hydrogens (tertiary/aromatic N) is 1. The van der Waals surface area contributed by atoms with Crippen molar-refractivity contribution in [1.82, 2.24) is 4.90 Å². The molecule has 0 atom stereocenters. The number of hydrogen-bond acceptors (Lipinski definition) is 3. The third kappa shape index (κ3) is 8.25. The number of rotatable bonds is 16. The molecule has 0 aromatic heterocycles. The van der Waals surface area contributed by atoms with Crippen molar-refractivity contribution in [3.8, 4) is 0 Å². The minimum absolute atomic E-state index is 0.597. The van der Waals surface area contributed by atoms with Gasteiger partial charge in [-0.15, -0.1) is 0 Å². The summed E-state index contributed by atoms with van der Waals surface area (Å²) in [7, 11) is -2.26.